The summed E-state index contributed by atoms with van der Waals surface area (Å²) in [7, 11) is 0. The van der Waals surface area contributed by atoms with Gasteiger partial charge in [0.05, 0.1) is 17.5 Å². The van der Waals surface area contributed by atoms with Gasteiger partial charge in [0.1, 0.15) is 0 Å². The highest BCUT2D eigenvalue weighted by molar-refractivity contribution is 5.93. The summed E-state index contributed by atoms with van der Waals surface area (Å²) in [6.45, 7) is 5.33. The minimum absolute atomic E-state index is 0.0511. The number of nitrogens with one attached hydrogen (secondary N) is 1. The number of carbonyl (C=O) groups is 1. The van der Waals surface area contributed by atoms with Gasteiger partial charge < -0.3 is 20.2 Å². The van der Waals surface area contributed by atoms with Crippen LogP contribution in [0.25, 0.3) is 0 Å². The molecular weight excluding hydrogens is 302 g/mol. The van der Waals surface area contributed by atoms with Crippen molar-refractivity contribution in [3.8, 4) is 0 Å². The third-order valence-corrected chi connectivity index (χ3v) is 5.27. The number of hydrogen-bond acceptors (Lipinski definition) is 3. The second kappa shape index (κ2) is 7.88. The Balaban J connectivity index is 1.68. The fraction of sp³-hybridized carbons (Fsp3) is 0.632. The van der Waals surface area contributed by atoms with Crippen LogP contribution in [0.5, 0.6) is 0 Å². The highest BCUT2D eigenvalue weighted by atomic mass is 16.3. The molecule has 2 amide bonds. The molecule has 2 aliphatic heterocycles. The van der Waals surface area contributed by atoms with Crippen molar-refractivity contribution in [3.05, 3.63) is 24.3 Å². The van der Waals surface area contributed by atoms with Crippen LogP contribution in [0.2, 0.25) is 0 Å². The van der Waals surface area contributed by atoms with Gasteiger partial charge in [-0.05, 0) is 51.2 Å². The Kier molecular flexibility index (Phi) is 5.61. The van der Waals surface area contributed by atoms with Gasteiger partial charge in [0, 0.05) is 32.1 Å². The van der Waals surface area contributed by atoms with Crippen LogP contribution < -0.4 is 10.2 Å². The van der Waals surface area contributed by atoms with E-state index in [1.165, 1.54) is 19.3 Å². The number of aliphatic hydroxyl groups excluding tert-OH is 1. The number of hydrogen-bond donors (Lipinski definition) is 2. The second-order valence-corrected chi connectivity index (χ2v) is 7.08. The first-order valence-corrected chi connectivity index (χ1v) is 9.23. The Bertz CT molecular complexity index is 555. The topological polar surface area (TPSA) is 55.8 Å². The molecule has 2 unspecified atom stereocenters. The van der Waals surface area contributed by atoms with Crippen molar-refractivity contribution in [2.45, 2.75) is 45.1 Å². The molecule has 2 heterocycles. The molecule has 2 atom stereocenters. The number of aliphatic hydroxyl groups is 1. The summed E-state index contributed by atoms with van der Waals surface area (Å²) in [5.41, 5.74) is 2.01. The Morgan fingerprint density at radius 1 is 1.17 bits per heavy atom. The zero-order valence-corrected chi connectivity index (χ0v) is 14.6. The zero-order chi connectivity index (χ0) is 16.9. The van der Waals surface area contributed by atoms with Crippen LogP contribution in [0.15, 0.2) is 24.3 Å². The lowest BCUT2D eigenvalue weighted by molar-refractivity contribution is 0.0766. The van der Waals surface area contributed by atoms with E-state index in [1.807, 2.05) is 30.0 Å². The van der Waals surface area contributed by atoms with Gasteiger partial charge in [-0.15, -0.1) is 0 Å². The number of piperidine rings is 2. The highest BCUT2D eigenvalue weighted by Gasteiger charge is 2.27. The lowest BCUT2D eigenvalue weighted by Crippen LogP contribution is -2.45. The van der Waals surface area contributed by atoms with Gasteiger partial charge in [-0.25, -0.2) is 4.79 Å². The van der Waals surface area contributed by atoms with E-state index in [0.29, 0.717) is 6.54 Å². The first-order valence-electron chi connectivity index (χ1n) is 9.23. The monoisotopic (exact) mass is 331 g/mol. The molecule has 5 nitrogen and oxygen atoms in total. The summed E-state index contributed by atoms with van der Waals surface area (Å²) in [6, 6.07) is 8.03. The van der Waals surface area contributed by atoms with Crippen LogP contribution in [0, 0.1) is 5.92 Å². The predicted molar refractivity (Wildman–Crippen MR) is 97.5 cm³/mol. The number of carbonyl (C=O) groups excluding carboxylic acids is 1. The Morgan fingerprint density at radius 3 is 2.67 bits per heavy atom. The number of anilines is 2. The molecule has 0 saturated carbocycles. The summed E-state index contributed by atoms with van der Waals surface area (Å²) < 4.78 is 0. The van der Waals surface area contributed by atoms with Crippen molar-refractivity contribution in [1.29, 1.82) is 0 Å². The molecule has 0 aliphatic carbocycles. The van der Waals surface area contributed by atoms with Crippen LogP contribution in [0.1, 0.15) is 39.0 Å². The number of amides is 2. The minimum atomic E-state index is -0.360. The summed E-state index contributed by atoms with van der Waals surface area (Å²) in [5.74, 6) is 0.182. The molecule has 132 valence electrons. The van der Waals surface area contributed by atoms with Gasteiger partial charge in [0.25, 0.3) is 0 Å². The van der Waals surface area contributed by atoms with Crippen molar-refractivity contribution in [2.75, 3.05) is 36.4 Å². The average molecular weight is 331 g/mol. The Labute approximate surface area is 144 Å². The summed E-state index contributed by atoms with van der Waals surface area (Å²) >= 11 is 0. The van der Waals surface area contributed by atoms with Crippen LogP contribution in [-0.4, -0.2) is 48.3 Å². The molecule has 2 N–H and O–H groups in total. The standard InChI is InChI=1S/C19H29N3O2/c1-15(23)16-8-7-13-22(14-16)19(24)20-17-9-3-4-10-18(17)21-11-5-2-6-12-21/h3-4,9-10,15-16,23H,2,5-8,11-14H2,1H3,(H,20,24). The molecule has 2 fully saturated rings. The summed E-state index contributed by atoms with van der Waals surface area (Å²) in [5, 5.41) is 12.9. The van der Waals surface area contributed by atoms with E-state index in [2.05, 4.69) is 16.3 Å². The van der Waals surface area contributed by atoms with Crippen molar-refractivity contribution in [1.82, 2.24) is 4.90 Å². The minimum Gasteiger partial charge on any atom is -0.393 e. The fourth-order valence-corrected chi connectivity index (χ4v) is 3.77. The van der Waals surface area contributed by atoms with E-state index in [-0.39, 0.29) is 18.1 Å². The van der Waals surface area contributed by atoms with E-state index in [9.17, 15) is 9.90 Å². The fourth-order valence-electron chi connectivity index (χ4n) is 3.77. The highest BCUT2D eigenvalue weighted by Crippen LogP contribution is 2.29. The van der Waals surface area contributed by atoms with Gasteiger partial charge in [0.15, 0.2) is 0 Å². The van der Waals surface area contributed by atoms with Crippen molar-refractivity contribution < 1.29 is 9.90 Å². The Hall–Kier alpha value is -1.75. The molecule has 24 heavy (non-hydrogen) atoms. The molecule has 2 aliphatic rings. The SMILES string of the molecule is CC(O)C1CCCN(C(=O)Nc2ccccc2N2CCCCC2)C1. The molecule has 0 aromatic heterocycles. The van der Waals surface area contributed by atoms with E-state index in [1.54, 1.807) is 0 Å². The molecule has 0 radical (unpaired) electrons. The van der Waals surface area contributed by atoms with E-state index >= 15 is 0 Å². The smallest absolute Gasteiger partial charge is 0.321 e. The van der Waals surface area contributed by atoms with E-state index in [0.717, 1.165) is 43.9 Å². The molecule has 3 rings (SSSR count). The van der Waals surface area contributed by atoms with Crippen molar-refractivity contribution >= 4 is 17.4 Å². The summed E-state index contributed by atoms with van der Waals surface area (Å²) in [4.78, 5) is 16.9. The number of para-hydroxylation sites is 2. The number of nitrogens with zero attached hydrogens (tertiary/aromatic N) is 2. The lowest BCUT2D eigenvalue weighted by Gasteiger charge is -2.35. The van der Waals surface area contributed by atoms with Crippen LogP contribution >= 0.6 is 0 Å². The maximum atomic E-state index is 12.7. The molecular formula is C19H29N3O2. The van der Waals surface area contributed by atoms with Crippen molar-refractivity contribution in [3.63, 3.8) is 0 Å². The molecule has 1 aromatic carbocycles. The van der Waals surface area contributed by atoms with Gasteiger partial charge in [-0.3, -0.25) is 0 Å². The maximum absolute atomic E-state index is 12.7. The van der Waals surface area contributed by atoms with Crippen LogP contribution in [0.3, 0.4) is 0 Å². The quantitative estimate of drug-likeness (QED) is 0.893. The van der Waals surface area contributed by atoms with Gasteiger partial charge in [0.2, 0.25) is 0 Å². The van der Waals surface area contributed by atoms with E-state index in [4.69, 9.17) is 0 Å². The first kappa shape index (κ1) is 17.1. The Morgan fingerprint density at radius 2 is 1.92 bits per heavy atom. The zero-order valence-electron chi connectivity index (χ0n) is 14.6. The largest absolute Gasteiger partial charge is 0.393 e. The maximum Gasteiger partial charge on any atom is 0.321 e. The number of rotatable bonds is 3. The number of urea groups is 1. The number of benzene rings is 1. The molecule has 2 saturated heterocycles. The average Bonchev–Trinajstić information content (AvgIpc) is 2.63. The molecule has 0 spiro atoms. The van der Waals surface area contributed by atoms with Gasteiger partial charge in [-0.1, -0.05) is 12.1 Å². The third-order valence-electron chi connectivity index (χ3n) is 5.27. The van der Waals surface area contributed by atoms with Crippen molar-refractivity contribution in [2.24, 2.45) is 5.92 Å². The normalized spacial score (nSPS) is 23.0. The van der Waals surface area contributed by atoms with E-state index < -0.39 is 0 Å². The van der Waals surface area contributed by atoms with Crippen LogP contribution in [0.4, 0.5) is 16.2 Å². The second-order valence-electron chi connectivity index (χ2n) is 7.08. The molecule has 0 bridgehead atoms. The lowest BCUT2D eigenvalue weighted by atomic mass is 9.94. The first-order chi connectivity index (χ1) is 11.6. The third kappa shape index (κ3) is 4.01. The van der Waals surface area contributed by atoms with Gasteiger partial charge >= 0.3 is 6.03 Å². The predicted octanol–water partition coefficient (Wildman–Crippen LogP) is 3.30. The molecule has 5 heteroatoms. The van der Waals surface area contributed by atoms with Gasteiger partial charge in [-0.2, -0.15) is 0 Å². The summed E-state index contributed by atoms with van der Waals surface area (Å²) in [6.07, 6.45) is 5.30. The van der Waals surface area contributed by atoms with Crippen LogP contribution in [-0.2, 0) is 0 Å². The number of likely N-dealkylation sites (tertiary alicyclic amines) is 1. The molecule has 1 aromatic rings.